The van der Waals surface area contributed by atoms with Gasteiger partial charge in [-0.3, -0.25) is 0 Å². The highest BCUT2D eigenvalue weighted by atomic mass is 79.9. The Morgan fingerprint density at radius 2 is 2.42 bits per heavy atom. The molecule has 0 atom stereocenters. The predicted octanol–water partition coefficient (Wildman–Crippen LogP) is 4.00. The van der Waals surface area contributed by atoms with Crippen molar-refractivity contribution in [1.29, 1.82) is 5.26 Å². The molecule has 1 aromatic rings. The van der Waals surface area contributed by atoms with Crippen molar-refractivity contribution >= 4 is 43.9 Å². The second-order valence-corrected chi connectivity index (χ2v) is 4.86. The van der Waals surface area contributed by atoms with Crippen LogP contribution in [0.5, 0.6) is 0 Å². The third kappa shape index (κ3) is 2.10. The van der Waals surface area contributed by atoms with Gasteiger partial charge in [-0.05, 0) is 28.9 Å². The molecule has 0 aliphatic heterocycles. The van der Waals surface area contributed by atoms with E-state index < -0.39 is 0 Å². The normalized spacial score (nSPS) is 12.2. The second-order valence-electron chi connectivity index (χ2n) is 2.19. The van der Waals surface area contributed by atoms with Crippen molar-refractivity contribution in [2.75, 3.05) is 0 Å². The molecule has 1 aromatic heterocycles. The summed E-state index contributed by atoms with van der Waals surface area (Å²) in [6, 6.07) is 3.91. The number of hydrogen-bond acceptors (Lipinski definition) is 2. The molecule has 0 bridgehead atoms. The van der Waals surface area contributed by atoms with Crippen LogP contribution in [0.25, 0.3) is 5.03 Å². The zero-order valence-electron chi connectivity index (χ0n) is 6.27. The van der Waals surface area contributed by atoms with Crippen LogP contribution in [0.1, 0.15) is 12.5 Å². The van der Waals surface area contributed by atoms with Gasteiger partial charge < -0.3 is 0 Å². The van der Waals surface area contributed by atoms with E-state index in [2.05, 4.69) is 15.9 Å². The summed E-state index contributed by atoms with van der Waals surface area (Å²) >= 11 is 10.8. The molecule has 0 amide bonds. The number of rotatable bonds is 1. The first kappa shape index (κ1) is 9.79. The zero-order valence-corrected chi connectivity index (χ0v) is 9.42. The molecular formula is C8H5BrClNS. The molecule has 0 radical (unpaired) electrons. The molecule has 62 valence electrons. The summed E-state index contributed by atoms with van der Waals surface area (Å²) < 4.78 is 1.02. The first-order chi connectivity index (χ1) is 5.65. The summed E-state index contributed by atoms with van der Waals surface area (Å²) in [4.78, 5) is 0. The SMILES string of the molecule is C/C(C#N)=C(/Cl)c1csc(Br)c1. The van der Waals surface area contributed by atoms with E-state index in [1.807, 2.05) is 17.5 Å². The van der Waals surface area contributed by atoms with Crippen LogP contribution in [-0.2, 0) is 0 Å². The summed E-state index contributed by atoms with van der Waals surface area (Å²) in [7, 11) is 0. The van der Waals surface area contributed by atoms with Crippen molar-refractivity contribution in [3.63, 3.8) is 0 Å². The van der Waals surface area contributed by atoms with Gasteiger partial charge in [-0.25, -0.2) is 0 Å². The molecule has 0 saturated heterocycles. The number of allylic oxidation sites excluding steroid dienone is 1. The van der Waals surface area contributed by atoms with E-state index in [4.69, 9.17) is 16.9 Å². The highest BCUT2D eigenvalue weighted by Crippen LogP contribution is 2.29. The Hall–Kier alpha value is -0.300. The van der Waals surface area contributed by atoms with Gasteiger partial charge in [-0.2, -0.15) is 5.26 Å². The van der Waals surface area contributed by atoms with Gasteiger partial charge in [0, 0.05) is 16.5 Å². The molecule has 0 spiro atoms. The lowest BCUT2D eigenvalue weighted by Crippen LogP contribution is -1.75. The van der Waals surface area contributed by atoms with Gasteiger partial charge in [0.05, 0.1) is 14.9 Å². The van der Waals surface area contributed by atoms with Gasteiger partial charge in [0.15, 0.2) is 0 Å². The lowest BCUT2D eigenvalue weighted by Gasteiger charge is -1.93. The molecule has 1 nitrogen and oxygen atoms in total. The Morgan fingerprint density at radius 1 is 1.75 bits per heavy atom. The Morgan fingerprint density at radius 3 is 2.83 bits per heavy atom. The molecule has 0 aromatic carbocycles. The molecule has 1 rings (SSSR count). The molecule has 0 aliphatic rings. The first-order valence-electron chi connectivity index (χ1n) is 3.16. The molecule has 0 N–H and O–H groups in total. The fourth-order valence-electron chi connectivity index (χ4n) is 0.691. The minimum atomic E-state index is 0.527. The van der Waals surface area contributed by atoms with E-state index in [-0.39, 0.29) is 0 Å². The number of hydrogen-bond donors (Lipinski definition) is 0. The van der Waals surface area contributed by atoms with E-state index in [0.29, 0.717) is 10.6 Å². The van der Waals surface area contributed by atoms with Gasteiger partial charge in [-0.15, -0.1) is 11.3 Å². The fourth-order valence-corrected chi connectivity index (χ4v) is 2.05. The third-order valence-electron chi connectivity index (χ3n) is 1.32. The van der Waals surface area contributed by atoms with Crippen molar-refractivity contribution in [2.24, 2.45) is 0 Å². The van der Waals surface area contributed by atoms with Crippen molar-refractivity contribution in [3.8, 4) is 6.07 Å². The van der Waals surface area contributed by atoms with Gasteiger partial charge in [0.1, 0.15) is 0 Å². The van der Waals surface area contributed by atoms with Crippen molar-refractivity contribution in [2.45, 2.75) is 6.92 Å². The van der Waals surface area contributed by atoms with Gasteiger partial charge in [0.25, 0.3) is 0 Å². The van der Waals surface area contributed by atoms with Crippen molar-refractivity contribution in [3.05, 3.63) is 26.4 Å². The van der Waals surface area contributed by atoms with Crippen LogP contribution in [0.15, 0.2) is 20.8 Å². The maximum atomic E-state index is 8.57. The average molecular weight is 263 g/mol. The summed E-state index contributed by atoms with van der Waals surface area (Å²) in [6.45, 7) is 1.70. The first-order valence-corrected chi connectivity index (χ1v) is 5.21. The number of halogens is 2. The van der Waals surface area contributed by atoms with Crippen LogP contribution in [0.3, 0.4) is 0 Å². The lowest BCUT2D eigenvalue weighted by molar-refractivity contribution is 1.45. The maximum Gasteiger partial charge on any atom is 0.0959 e. The van der Waals surface area contributed by atoms with Crippen LogP contribution < -0.4 is 0 Å². The fraction of sp³-hybridized carbons (Fsp3) is 0.125. The van der Waals surface area contributed by atoms with Crippen LogP contribution >= 0.6 is 38.9 Å². The smallest absolute Gasteiger partial charge is 0.0959 e. The summed E-state index contributed by atoms with van der Waals surface area (Å²) in [5, 5.41) is 11.0. The van der Waals surface area contributed by atoms with Gasteiger partial charge in [-0.1, -0.05) is 11.6 Å². The second kappa shape index (κ2) is 4.08. The van der Waals surface area contributed by atoms with E-state index in [1.54, 1.807) is 18.3 Å². The lowest BCUT2D eigenvalue weighted by atomic mass is 10.2. The van der Waals surface area contributed by atoms with Crippen LogP contribution in [0.2, 0.25) is 0 Å². The van der Waals surface area contributed by atoms with Crippen LogP contribution in [-0.4, -0.2) is 0 Å². The molecule has 12 heavy (non-hydrogen) atoms. The van der Waals surface area contributed by atoms with Crippen LogP contribution in [0, 0.1) is 11.3 Å². The zero-order chi connectivity index (χ0) is 9.14. The monoisotopic (exact) mass is 261 g/mol. The predicted molar refractivity (Wildman–Crippen MR) is 56.1 cm³/mol. The maximum absolute atomic E-state index is 8.57. The molecular weight excluding hydrogens is 258 g/mol. The highest BCUT2D eigenvalue weighted by Gasteiger charge is 2.04. The van der Waals surface area contributed by atoms with E-state index in [0.717, 1.165) is 9.35 Å². The Bertz CT molecular complexity index is 361. The largest absolute Gasteiger partial charge is 0.193 e. The summed E-state index contributed by atoms with van der Waals surface area (Å²) in [5.41, 5.74) is 1.44. The van der Waals surface area contributed by atoms with Crippen molar-refractivity contribution < 1.29 is 0 Å². The Balaban J connectivity index is 3.09. The molecule has 0 unspecified atom stereocenters. The summed E-state index contributed by atoms with van der Waals surface area (Å²) in [6.07, 6.45) is 0. The van der Waals surface area contributed by atoms with E-state index in [9.17, 15) is 0 Å². The minimum absolute atomic E-state index is 0.527. The summed E-state index contributed by atoms with van der Waals surface area (Å²) in [5.74, 6) is 0. The van der Waals surface area contributed by atoms with Crippen LogP contribution in [0.4, 0.5) is 0 Å². The van der Waals surface area contributed by atoms with Crippen molar-refractivity contribution in [1.82, 2.24) is 0 Å². The third-order valence-corrected chi connectivity index (χ3v) is 3.32. The number of nitriles is 1. The van der Waals surface area contributed by atoms with Gasteiger partial charge >= 0.3 is 0 Å². The Labute approximate surface area is 88.4 Å². The van der Waals surface area contributed by atoms with E-state index >= 15 is 0 Å². The molecule has 0 saturated carbocycles. The molecule has 0 fully saturated rings. The molecule has 4 heteroatoms. The number of nitrogens with zero attached hydrogens (tertiary/aromatic N) is 1. The topological polar surface area (TPSA) is 23.8 Å². The highest BCUT2D eigenvalue weighted by molar-refractivity contribution is 9.11. The quantitative estimate of drug-likeness (QED) is 0.702. The molecule has 1 heterocycles. The molecule has 0 aliphatic carbocycles. The number of thiophene rings is 1. The van der Waals surface area contributed by atoms with E-state index in [1.165, 1.54) is 0 Å². The minimum Gasteiger partial charge on any atom is -0.193 e. The standard InChI is InChI=1S/C8H5BrClNS/c1-5(3-11)8(10)6-2-7(9)12-4-6/h2,4H,1H3/b8-5-. The average Bonchev–Trinajstić information content (AvgIpc) is 2.49. The van der Waals surface area contributed by atoms with Gasteiger partial charge in [0.2, 0.25) is 0 Å². The Kier molecular flexibility index (Phi) is 3.33.